The fourth-order valence-corrected chi connectivity index (χ4v) is 3.88. The third-order valence-electron chi connectivity index (χ3n) is 3.99. The molecular weight excluding hydrogens is 367 g/mol. The predicted molar refractivity (Wildman–Crippen MR) is 93.3 cm³/mol. The van der Waals surface area contributed by atoms with Gasteiger partial charge in [-0.3, -0.25) is 9.59 Å². The van der Waals surface area contributed by atoms with Gasteiger partial charge >= 0.3 is 5.97 Å². The van der Waals surface area contributed by atoms with Crippen molar-refractivity contribution in [2.75, 3.05) is 12.4 Å². The molecule has 25 heavy (non-hydrogen) atoms. The van der Waals surface area contributed by atoms with Gasteiger partial charge < -0.3 is 10.1 Å². The summed E-state index contributed by atoms with van der Waals surface area (Å²) in [5.41, 5.74) is 1.40. The van der Waals surface area contributed by atoms with Crippen molar-refractivity contribution in [2.45, 2.75) is 19.8 Å². The van der Waals surface area contributed by atoms with Crippen molar-refractivity contribution in [1.82, 2.24) is 4.98 Å². The lowest BCUT2D eigenvalue weighted by atomic mass is 10.1. The number of carbonyl (C=O) groups excluding carboxylic acids is 2. The molecule has 1 saturated carbocycles. The second-order valence-electron chi connectivity index (χ2n) is 5.94. The number of esters is 1. The number of aryl methyl sites for hydroxylation is 1. The number of benzene rings is 1. The highest BCUT2D eigenvalue weighted by atomic mass is 35.5. The van der Waals surface area contributed by atoms with E-state index in [0.29, 0.717) is 34.1 Å². The highest BCUT2D eigenvalue weighted by molar-refractivity contribution is 7.16. The van der Waals surface area contributed by atoms with E-state index in [9.17, 15) is 14.0 Å². The highest BCUT2D eigenvalue weighted by Crippen LogP contribution is 2.40. The highest BCUT2D eigenvalue weighted by Gasteiger charge is 2.49. The summed E-state index contributed by atoms with van der Waals surface area (Å²) in [6.45, 7) is 1.79. The first-order valence-electron chi connectivity index (χ1n) is 7.67. The third-order valence-corrected chi connectivity index (χ3v) is 5.28. The van der Waals surface area contributed by atoms with E-state index in [1.54, 1.807) is 13.0 Å². The zero-order chi connectivity index (χ0) is 18.1. The molecule has 0 spiro atoms. The van der Waals surface area contributed by atoms with Crippen LogP contribution in [0, 0.1) is 24.6 Å². The summed E-state index contributed by atoms with van der Waals surface area (Å²) in [6.07, 6.45) is 0.929. The van der Waals surface area contributed by atoms with Crippen LogP contribution < -0.4 is 5.32 Å². The molecule has 1 aromatic carbocycles. The number of anilines is 1. The van der Waals surface area contributed by atoms with Crippen LogP contribution in [-0.4, -0.2) is 24.0 Å². The second-order valence-corrected chi connectivity index (χ2v) is 7.46. The number of carbonyl (C=O) groups is 2. The number of nitrogens with zero attached hydrogens (tertiary/aromatic N) is 1. The Morgan fingerprint density at radius 1 is 1.40 bits per heavy atom. The Morgan fingerprint density at radius 2 is 2.16 bits per heavy atom. The monoisotopic (exact) mass is 382 g/mol. The first-order chi connectivity index (χ1) is 11.9. The summed E-state index contributed by atoms with van der Waals surface area (Å²) >= 11 is 7.19. The Bertz CT molecular complexity index is 819. The molecule has 2 unspecified atom stereocenters. The molecule has 0 bridgehead atoms. The summed E-state index contributed by atoms with van der Waals surface area (Å²) in [5.74, 6) is -1.66. The SMILES string of the molecule is COC(=O)C1CC1C(=O)Nc1sc(Cc2cc(F)cc(Cl)c2)nc1C. The van der Waals surface area contributed by atoms with Crippen molar-refractivity contribution in [2.24, 2.45) is 11.8 Å². The van der Waals surface area contributed by atoms with Crippen LogP contribution in [0.4, 0.5) is 9.39 Å². The average molecular weight is 383 g/mol. The maximum atomic E-state index is 13.4. The van der Waals surface area contributed by atoms with E-state index < -0.39 is 5.82 Å². The van der Waals surface area contributed by atoms with Gasteiger partial charge in [-0.05, 0) is 37.1 Å². The van der Waals surface area contributed by atoms with Gasteiger partial charge in [0.1, 0.15) is 10.8 Å². The molecule has 0 aliphatic heterocycles. The number of amides is 1. The molecule has 2 atom stereocenters. The number of aromatic nitrogens is 1. The topological polar surface area (TPSA) is 68.3 Å². The fraction of sp³-hybridized carbons (Fsp3) is 0.353. The normalized spacial score (nSPS) is 18.7. The summed E-state index contributed by atoms with van der Waals surface area (Å²) < 4.78 is 18.1. The van der Waals surface area contributed by atoms with Crippen molar-refractivity contribution in [3.8, 4) is 0 Å². The van der Waals surface area contributed by atoms with Crippen LogP contribution in [0.25, 0.3) is 0 Å². The van der Waals surface area contributed by atoms with Gasteiger partial charge in [0.2, 0.25) is 5.91 Å². The molecule has 1 heterocycles. The molecule has 0 saturated heterocycles. The van der Waals surface area contributed by atoms with E-state index in [0.717, 1.165) is 5.01 Å². The van der Waals surface area contributed by atoms with Crippen LogP contribution in [0.2, 0.25) is 5.02 Å². The first-order valence-corrected chi connectivity index (χ1v) is 8.86. The Labute approximate surface area is 153 Å². The van der Waals surface area contributed by atoms with Crippen molar-refractivity contribution in [3.05, 3.63) is 45.3 Å². The van der Waals surface area contributed by atoms with E-state index in [1.807, 2.05) is 0 Å². The minimum Gasteiger partial charge on any atom is -0.469 e. The van der Waals surface area contributed by atoms with Crippen LogP contribution >= 0.6 is 22.9 Å². The molecule has 1 N–H and O–H groups in total. The standard InChI is InChI=1S/C17H16ClFN2O3S/c1-8-16(21-15(22)12-7-13(12)17(23)24-2)25-14(20-8)5-9-3-10(18)6-11(19)4-9/h3-4,6,12-13H,5,7H2,1-2H3,(H,21,22). The van der Waals surface area contributed by atoms with E-state index in [-0.39, 0.29) is 23.7 Å². The van der Waals surface area contributed by atoms with Gasteiger partial charge in [-0.1, -0.05) is 11.6 Å². The maximum Gasteiger partial charge on any atom is 0.309 e. The minimum absolute atomic E-state index is 0.206. The van der Waals surface area contributed by atoms with Crippen molar-refractivity contribution in [1.29, 1.82) is 0 Å². The summed E-state index contributed by atoms with van der Waals surface area (Å²) in [7, 11) is 1.31. The van der Waals surface area contributed by atoms with Crippen molar-refractivity contribution >= 4 is 39.8 Å². The zero-order valence-corrected chi connectivity index (χ0v) is 15.2. The van der Waals surface area contributed by atoms with E-state index in [4.69, 9.17) is 11.6 Å². The first kappa shape index (κ1) is 17.8. The summed E-state index contributed by atoms with van der Waals surface area (Å²) in [6, 6.07) is 4.34. The molecule has 1 aliphatic carbocycles. The number of hydrogen-bond donors (Lipinski definition) is 1. The van der Waals surface area contributed by atoms with E-state index in [1.165, 1.54) is 30.6 Å². The summed E-state index contributed by atoms with van der Waals surface area (Å²) in [5, 5.41) is 4.53. The van der Waals surface area contributed by atoms with E-state index in [2.05, 4.69) is 15.0 Å². The van der Waals surface area contributed by atoms with E-state index >= 15 is 0 Å². The maximum absolute atomic E-state index is 13.4. The smallest absolute Gasteiger partial charge is 0.309 e. The Balaban J connectivity index is 1.66. The quantitative estimate of drug-likeness (QED) is 0.802. The van der Waals surface area contributed by atoms with Gasteiger partial charge in [-0.25, -0.2) is 9.37 Å². The zero-order valence-electron chi connectivity index (χ0n) is 13.6. The average Bonchev–Trinajstić information content (AvgIpc) is 3.26. The van der Waals surface area contributed by atoms with Crippen LogP contribution in [-0.2, 0) is 20.7 Å². The third kappa shape index (κ3) is 4.16. The summed E-state index contributed by atoms with van der Waals surface area (Å²) in [4.78, 5) is 28.0. The van der Waals surface area contributed by atoms with Gasteiger partial charge in [0.05, 0.1) is 29.6 Å². The van der Waals surface area contributed by atoms with Gasteiger partial charge in [0.15, 0.2) is 0 Å². The van der Waals surface area contributed by atoms with Gasteiger partial charge in [-0.15, -0.1) is 11.3 Å². The van der Waals surface area contributed by atoms with Crippen LogP contribution in [0.1, 0.15) is 22.7 Å². The van der Waals surface area contributed by atoms with Crippen LogP contribution in [0.15, 0.2) is 18.2 Å². The van der Waals surface area contributed by atoms with Crippen LogP contribution in [0.3, 0.4) is 0 Å². The number of methoxy groups -OCH3 is 1. The number of hydrogen-bond acceptors (Lipinski definition) is 5. The molecule has 0 radical (unpaired) electrons. The number of ether oxygens (including phenoxy) is 1. The van der Waals surface area contributed by atoms with Crippen molar-refractivity contribution < 1.29 is 18.7 Å². The Morgan fingerprint density at radius 3 is 2.84 bits per heavy atom. The predicted octanol–water partition coefficient (Wildman–Crippen LogP) is 3.58. The van der Waals surface area contributed by atoms with Gasteiger partial charge in [-0.2, -0.15) is 0 Å². The van der Waals surface area contributed by atoms with Crippen LogP contribution in [0.5, 0.6) is 0 Å². The molecule has 3 rings (SSSR count). The lowest BCUT2D eigenvalue weighted by Crippen LogP contribution is -2.17. The molecule has 5 nitrogen and oxygen atoms in total. The lowest BCUT2D eigenvalue weighted by molar-refractivity contribution is -0.143. The van der Waals surface area contributed by atoms with Gasteiger partial charge in [0.25, 0.3) is 0 Å². The molecule has 1 aromatic heterocycles. The number of halogens is 2. The molecule has 1 fully saturated rings. The fourth-order valence-electron chi connectivity index (χ4n) is 2.63. The number of nitrogens with one attached hydrogen (secondary N) is 1. The molecule has 2 aromatic rings. The molecule has 1 amide bonds. The molecule has 1 aliphatic rings. The van der Waals surface area contributed by atoms with Crippen molar-refractivity contribution in [3.63, 3.8) is 0 Å². The van der Waals surface area contributed by atoms with Gasteiger partial charge in [0, 0.05) is 11.4 Å². The number of rotatable bonds is 5. The number of thiazole rings is 1. The molecule has 132 valence electrons. The second kappa shape index (κ2) is 7.09. The Kier molecular flexibility index (Phi) is 5.06. The Hall–Kier alpha value is -1.99. The molecule has 8 heteroatoms. The lowest BCUT2D eigenvalue weighted by Gasteiger charge is -2.02. The molecular formula is C17H16ClFN2O3S. The largest absolute Gasteiger partial charge is 0.469 e. The minimum atomic E-state index is -0.396.